The van der Waals surface area contributed by atoms with Crippen LogP contribution in [-0.4, -0.2) is 95.2 Å². The third-order valence-corrected chi connectivity index (χ3v) is 6.04. The predicted molar refractivity (Wildman–Crippen MR) is 96.2 cm³/mol. The van der Waals surface area contributed by atoms with Crippen molar-refractivity contribution in [2.45, 2.75) is 96.2 Å². The molecule has 0 rings (SSSR count). The maximum absolute atomic E-state index is 15.1. The summed E-state index contributed by atoms with van der Waals surface area (Å²) in [7, 11) is 0. The summed E-state index contributed by atoms with van der Waals surface area (Å²) < 4.78 is 421. The molecule has 0 N–H and O–H groups in total. The minimum absolute atomic E-state index is 0.353. The first-order valence-electron chi connectivity index (χ1n) is 11.1. The zero-order chi connectivity index (χ0) is 43.4. The van der Waals surface area contributed by atoms with Gasteiger partial charge >= 0.3 is 95.2 Å². The molecule has 0 aromatic heterocycles. The summed E-state index contributed by atoms with van der Waals surface area (Å²) in [6.45, 7) is 1.60. The summed E-state index contributed by atoms with van der Waals surface area (Å²) in [4.78, 5) is 11.3. The molecule has 33 heteroatoms. The standard InChI is InChI=1S/C19H5F31O2/c1-3(2)4(51)52-17(44,14(38,39)10(30,31)8(26,27)12(34,35)16(42,43)19(48,49)50)13(36,37)9(28,29)6(22,23)5(20,21)7(24,25)11(32,33)15(40,41)18(45,46)47/h1H2,2H3. The molecule has 1 atom stereocenters. The van der Waals surface area contributed by atoms with Gasteiger partial charge in [0.1, 0.15) is 0 Å². The Hall–Kier alpha value is -2.96. The summed E-state index contributed by atoms with van der Waals surface area (Å²) in [5.41, 5.74) is -2.31. The van der Waals surface area contributed by atoms with E-state index in [0.717, 1.165) is 0 Å². The Morgan fingerprint density at radius 3 is 0.635 bits per heavy atom. The molecular formula is C19H5F31O2. The first-order chi connectivity index (χ1) is 21.8. The molecule has 2 nitrogen and oxygen atoms in total. The molecule has 0 fully saturated rings. The number of hydrogen-bond acceptors (Lipinski definition) is 2. The average molecular weight is 854 g/mol. The van der Waals surface area contributed by atoms with Gasteiger partial charge in [0.05, 0.1) is 0 Å². The lowest BCUT2D eigenvalue weighted by Gasteiger charge is -2.48. The van der Waals surface area contributed by atoms with Gasteiger partial charge < -0.3 is 4.74 Å². The SMILES string of the molecule is C=C(C)C(=O)OC(F)(C(F)(F)C(F)(F)C(F)(F)C(F)(F)C(F)(F)C(F)(F)F)C(F)(F)C(F)(F)C(F)(F)C(F)(F)C(F)(F)C(F)(F)C(F)(F)C(F)(F)F. The highest BCUT2D eigenvalue weighted by Crippen LogP contribution is 2.69. The number of alkyl halides is 31. The van der Waals surface area contributed by atoms with Gasteiger partial charge in [-0.25, -0.2) is 4.79 Å². The van der Waals surface area contributed by atoms with Crippen LogP contribution in [-0.2, 0) is 9.53 Å². The maximum atomic E-state index is 15.1. The van der Waals surface area contributed by atoms with Crippen LogP contribution in [0.1, 0.15) is 6.92 Å². The highest BCUT2D eigenvalue weighted by atomic mass is 19.4. The molecule has 0 radical (unpaired) electrons. The molecule has 0 aliphatic rings. The van der Waals surface area contributed by atoms with E-state index in [9.17, 15) is 137 Å². The Labute approximate surface area is 261 Å². The molecule has 0 aliphatic heterocycles. The van der Waals surface area contributed by atoms with E-state index in [0.29, 0.717) is 0 Å². The topological polar surface area (TPSA) is 26.3 Å². The van der Waals surface area contributed by atoms with Gasteiger partial charge in [-0.2, -0.15) is 136 Å². The first kappa shape index (κ1) is 49.0. The number of halogens is 31. The Morgan fingerprint density at radius 1 is 0.327 bits per heavy atom. The second-order valence-electron chi connectivity index (χ2n) is 9.65. The van der Waals surface area contributed by atoms with Crippen molar-refractivity contribution in [3.05, 3.63) is 12.2 Å². The van der Waals surface area contributed by atoms with Gasteiger partial charge in [0.25, 0.3) is 0 Å². The van der Waals surface area contributed by atoms with Crippen LogP contribution in [0.25, 0.3) is 0 Å². The molecule has 0 heterocycles. The number of carbonyl (C=O) groups excluding carboxylic acids is 1. The number of hydrogen-bond donors (Lipinski definition) is 0. The van der Waals surface area contributed by atoms with Crippen LogP contribution in [0.3, 0.4) is 0 Å². The zero-order valence-corrected chi connectivity index (χ0v) is 22.7. The van der Waals surface area contributed by atoms with Gasteiger partial charge in [0.15, 0.2) is 0 Å². The fourth-order valence-corrected chi connectivity index (χ4v) is 2.88. The van der Waals surface area contributed by atoms with Crippen molar-refractivity contribution < 1.29 is 146 Å². The second-order valence-corrected chi connectivity index (χ2v) is 9.65. The van der Waals surface area contributed by atoms with E-state index in [-0.39, 0.29) is 6.92 Å². The zero-order valence-electron chi connectivity index (χ0n) is 22.7. The van der Waals surface area contributed by atoms with Crippen molar-refractivity contribution >= 4 is 5.97 Å². The fraction of sp³-hybridized carbons (Fsp3) is 0.842. The average Bonchev–Trinajstić information content (AvgIpc) is 2.90. The van der Waals surface area contributed by atoms with Crippen molar-refractivity contribution in [3.63, 3.8) is 0 Å². The Balaban J connectivity index is 8.29. The first-order valence-corrected chi connectivity index (χ1v) is 11.1. The van der Waals surface area contributed by atoms with E-state index in [1.807, 2.05) is 6.58 Å². The van der Waals surface area contributed by atoms with E-state index < -0.39 is 101 Å². The minimum Gasteiger partial charge on any atom is -0.413 e. The lowest BCUT2D eigenvalue weighted by atomic mass is 9.82. The van der Waals surface area contributed by atoms with Gasteiger partial charge in [-0.1, -0.05) is 6.58 Å². The molecule has 0 aliphatic carbocycles. The van der Waals surface area contributed by atoms with Crippen LogP contribution < -0.4 is 0 Å². The van der Waals surface area contributed by atoms with E-state index >= 15 is 4.39 Å². The van der Waals surface area contributed by atoms with Crippen LogP contribution in [0.4, 0.5) is 136 Å². The van der Waals surface area contributed by atoms with Gasteiger partial charge in [-0.15, -0.1) is 0 Å². The van der Waals surface area contributed by atoms with E-state index in [2.05, 4.69) is 0 Å². The van der Waals surface area contributed by atoms with Crippen molar-refractivity contribution in [3.8, 4) is 0 Å². The summed E-state index contributed by atoms with van der Waals surface area (Å²) >= 11 is 0. The minimum atomic E-state index is -10.0. The lowest BCUT2D eigenvalue weighted by molar-refractivity contribution is -0.498. The molecule has 310 valence electrons. The quantitative estimate of drug-likeness (QED) is 0.0989. The predicted octanol–water partition coefficient (Wildman–Crippen LogP) is 10.5. The molecule has 0 saturated heterocycles. The van der Waals surface area contributed by atoms with Crippen LogP contribution in [0.15, 0.2) is 12.2 Å². The highest BCUT2D eigenvalue weighted by molar-refractivity contribution is 5.87. The van der Waals surface area contributed by atoms with Crippen molar-refractivity contribution in [2.75, 3.05) is 0 Å². The molecule has 0 bridgehead atoms. The molecule has 0 amide bonds. The molecule has 0 aromatic carbocycles. The third kappa shape index (κ3) is 5.72. The molecule has 0 saturated carbocycles. The largest absolute Gasteiger partial charge is 0.460 e. The summed E-state index contributed by atoms with van der Waals surface area (Å²) in [6.07, 6.45) is -16.7. The van der Waals surface area contributed by atoms with Crippen molar-refractivity contribution in [1.82, 2.24) is 0 Å². The normalized spacial score (nSPS) is 17.5. The van der Waals surface area contributed by atoms with Crippen molar-refractivity contribution in [2.24, 2.45) is 0 Å². The highest BCUT2D eigenvalue weighted by Gasteiger charge is 3.02. The molecular weight excluding hydrogens is 849 g/mol. The number of esters is 1. The summed E-state index contributed by atoms with van der Waals surface area (Å²) in [5, 5.41) is 0. The van der Waals surface area contributed by atoms with Gasteiger partial charge in [-0.05, 0) is 6.92 Å². The summed E-state index contributed by atoms with van der Waals surface area (Å²) in [5.74, 6) is -129. The number of carbonyl (C=O) groups is 1. The van der Waals surface area contributed by atoms with Crippen LogP contribution in [0, 0.1) is 0 Å². The van der Waals surface area contributed by atoms with E-state index in [1.54, 1.807) is 4.74 Å². The van der Waals surface area contributed by atoms with Crippen LogP contribution in [0.2, 0.25) is 0 Å². The molecule has 0 spiro atoms. The van der Waals surface area contributed by atoms with E-state index in [1.165, 1.54) is 0 Å². The van der Waals surface area contributed by atoms with Crippen LogP contribution >= 0.6 is 0 Å². The van der Waals surface area contributed by atoms with Crippen LogP contribution in [0.5, 0.6) is 0 Å². The van der Waals surface area contributed by atoms with Gasteiger partial charge in [0, 0.05) is 5.57 Å². The molecule has 1 unspecified atom stereocenters. The third-order valence-electron chi connectivity index (χ3n) is 6.04. The van der Waals surface area contributed by atoms with Gasteiger partial charge in [0.2, 0.25) is 0 Å². The molecule has 52 heavy (non-hydrogen) atoms. The Kier molecular flexibility index (Phi) is 11.3. The summed E-state index contributed by atoms with van der Waals surface area (Å²) in [6, 6.07) is 0. The Bertz CT molecular complexity index is 1360. The Morgan fingerprint density at radius 2 is 0.481 bits per heavy atom. The lowest BCUT2D eigenvalue weighted by Crippen LogP contribution is -2.81. The number of ether oxygens (including phenoxy) is 1. The van der Waals surface area contributed by atoms with Crippen molar-refractivity contribution in [1.29, 1.82) is 0 Å². The number of rotatable bonds is 14. The van der Waals surface area contributed by atoms with Gasteiger partial charge in [-0.3, -0.25) is 0 Å². The second kappa shape index (κ2) is 12.0. The van der Waals surface area contributed by atoms with E-state index in [4.69, 9.17) is 0 Å². The smallest absolute Gasteiger partial charge is 0.413 e. The fourth-order valence-electron chi connectivity index (χ4n) is 2.88. The monoisotopic (exact) mass is 854 g/mol. The molecule has 0 aromatic rings. The maximum Gasteiger partial charge on any atom is 0.460 e.